The highest BCUT2D eigenvalue weighted by Gasteiger charge is 2.25. The zero-order valence-corrected chi connectivity index (χ0v) is 16.3. The van der Waals surface area contributed by atoms with Crippen LogP contribution < -0.4 is 14.8 Å². The van der Waals surface area contributed by atoms with Crippen LogP contribution in [0, 0.1) is 5.41 Å². The summed E-state index contributed by atoms with van der Waals surface area (Å²) < 4.78 is 30.7. The van der Waals surface area contributed by atoms with Crippen LogP contribution in [-0.4, -0.2) is 45.3 Å². The average Bonchev–Trinajstić information content (AvgIpc) is 2.45. The number of esters is 1. The Kier molecular flexibility index (Phi) is 7.05. The van der Waals surface area contributed by atoms with Crippen molar-refractivity contribution in [1.29, 1.82) is 0 Å². The van der Waals surface area contributed by atoms with E-state index < -0.39 is 21.4 Å². The number of nitrogens with one attached hydrogen (secondary N) is 2. The predicted molar refractivity (Wildman–Crippen MR) is 97.9 cm³/mol. The Morgan fingerprint density at radius 3 is 2.23 bits per heavy atom. The zero-order chi connectivity index (χ0) is 20.1. The van der Waals surface area contributed by atoms with Gasteiger partial charge in [-0.1, -0.05) is 0 Å². The third-order valence-electron chi connectivity index (χ3n) is 3.07. The molecule has 0 saturated heterocycles. The van der Waals surface area contributed by atoms with E-state index in [1.165, 1.54) is 25.1 Å². The van der Waals surface area contributed by atoms with Gasteiger partial charge in [0.1, 0.15) is 5.78 Å². The predicted octanol–water partition coefficient (Wildman–Crippen LogP) is 1.37. The van der Waals surface area contributed by atoms with Gasteiger partial charge in [0.15, 0.2) is 11.5 Å². The molecule has 1 rings (SSSR count). The molecule has 0 radical (unpaired) electrons. The third-order valence-corrected chi connectivity index (χ3v) is 3.66. The molecule has 0 atom stereocenters. The summed E-state index contributed by atoms with van der Waals surface area (Å²) >= 11 is 0. The van der Waals surface area contributed by atoms with E-state index in [9.17, 15) is 22.8 Å². The van der Waals surface area contributed by atoms with Gasteiger partial charge in [-0.05, 0) is 45.9 Å². The summed E-state index contributed by atoms with van der Waals surface area (Å²) in [6.07, 6.45) is 0.950. The zero-order valence-electron chi connectivity index (χ0n) is 15.5. The van der Waals surface area contributed by atoms with E-state index in [2.05, 4.69) is 10.0 Å². The highest BCUT2D eigenvalue weighted by molar-refractivity contribution is 7.92. The summed E-state index contributed by atoms with van der Waals surface area (Å²) in [6.45, 7) is 6.36. The highest BCUT2D eigenvalue weighted by Crippen LogP contribution is 2.29. The summed E-state index contributed by atoms with van der Waals surface area (Å²) in [6, 6.07) is 4.08. The summed E-state index contributed by atoms with van der Waals surface area (Å²) in [7, 11) is -3.65. The van der Waals surface area contributed by atoms with Gasteiger partial charge in [0.2, 0.25) is 10.0 Å². The van der Waals surface area contributed by atoms with Crippen molar-refractivity contribution < 1.29 is 27.5 Å². The van der Waals surface area contributed by atoms with Gasteiger partial charge in [0.25, 0.3) is 0 Å². The Balaban J connectivity index is 3.11. The Morgan fingerprint density at radius 2 is 1.73 bits per heavy atom. The lowest BCUT2D eigenvalue weighted by Crippen LogP contribution is -2.28. The Labute approximate surface area is 153 Å². The van der Waals surface area contributed by atoms with E-state index in [1.54, 1.807) is 20.8 Å². The first kappa shape index (κ1) is 21.8. The second-order valence-electron chi connectivity index (χ2n) is 6.95. The molecule has 0 spiro atoms. The van der Waals surface area contributed by atoms with Gasteiger partial charge in [-0.2, -0.15) is 0 Å². The lowest BCUT2D eigenvalue weighted by atomic mass is 9.97. The van der Waals surface area contributed by atoms with E-state index in [0.717, 1.165) is 6.26 Å². The third kappa shape index (κ3) is 7.32. The first-order chi connectivity index (χ1) is 11.8. The van der Waals surface area contributed by atoms with E-state index >= 15 is 0 Å². The number of ketones is 2. The van der Waals surface area contributed by atoms with Gasteiger partial charge in [0.05, 0.1) is 30.4 Å². The number of benzene rings is 1. The number of anilines is 1. The van der Waals surface area contributed by atoms with Gasteiger partial charge in [0, 0.05) is 5.56 Å². The minimum Gasteiger partial charge on any atom is -0.424 e. The highest BCUT2D eigenvalue weighted by atomic mass is 32.2. The van der Waals surface area contributed by atoms with Gasteiger partial charge in [-0.15, -0.1) is 0 Å². The molecule has 26 heavy (non-hydrogen) atoms. The van der Waals surface area contributed by atoms with Crippen LogP contribution in [0.3, 0.4) is 0 Å². The van der Waals surface area contributed by atoms with Gasteiger partial charge in [-0.3, -0.25) is 19.1 Å². The molecular formula is C17H24N2O6S. The number of hydrogen-bond acceptors (Lipinski definition) is 7. The van der Waals surface area contributed by atoms with Crippen LogP contribution in [0.5, 0.6) is 5.75 Å². The first-order valence-corrected chi connectivity index (χ1v) is 9.76. The van der Waals surface area contributed by atoms with Crippen molar-refractivity contribution in [2.75, 3.05) is 24.1 Å². The van der Waals surface area contributed by atoms with E-state index in [0.29, 0.717) is 0 Å². The van der Waals surface area contributed by atoms with Gasteiger partial charge < -0.3 is 10.1 Å². The lowest BCUT2D eigenvalue weighted by Gasteiger charge is -2.18. The molecule has 144 valence electrons. The number of hydrogen-bond donors (Lipinski definition) is 2. The number of Topliss-reactive ketones (excluding diaryl/α,β-unsaturated/α-hetero) is 2. The fourth-order valence-electron chi connectivity index (χ4n) is 1.78. The van der Waals surface area contributed by atoms with E-state index in [1.807, 2.05) is 0 Å². The molecule has 2 N–H and O–H groups in total. The molecule has 0 aliphatic rings. The van der Waals surface area contributed by atoms with Crippen LogP contribution in [0.1, 0.15) is 38.1 Å². The summed E-state index contributed by atoms with van der Waals surface area (Å²) in [5.41, 5.74) is -0.585. The first-order valence-electron chi connectivity index (χ1n) is 7.87. The minimum absolute atomic E-state index is 0.00333. The number of ether oxygens (including phenoxy) is 1. The van der Waals surface area contributed by atoms with Crippen molar-refractivity contribution >= 4 is 33.2 Å². The van der Waals surface area contributed by atoms with Crippen molar-refractivity contribution in [3.8, 4) is 5.75 Å². The molecule has 1 aromatic rings. The SMILES string of the molecule is CC(=O)CNCC(=O)c1ccc(OC(=O)C(C)(C)C)c(NS(C)(=O)=O)c1. The summed E-state index contributed by atoms with van der Waals surface area (Å²) in [4.78, 5) is 35.1. The van der Waals surface area contributed by atoms with Crippen molar-refractivity contribution in [2.45, 2.75) is 27.7 Å². The maximum absolute atomic E-state index is 12.2. The molecule has 0 heterocycles. The minimum atomic E-state index is -3.65. The maximum atomic E-state index is 12.2. The Morgan fingerprint density at radius 1 is 1.12 bits per heavy atom. The smallest absolute Gasteiger partial charge is 0.316 e. The van der Waals surface area contributed by atoms with Crippen LogP contribution >= 0.6 is 0 Å². The molecular weight excluding hydrogens is 360 g/mol. The van der Waals surface area contributed by atoms with Crippen LogP contribution in [0.2, 0.25) is 0 Å². The van der Waals surface area contributed by atoms with Crippen LogP contribution in [0.4, 0.5) is 5.69 Å². The van der Waals surface area contributed by atoms with Gasteiger partial charge in [-0.25, -0.2) is 8.42 Å². The van der Waals surface area contributed by atoms with Crippen molar-refractivity contribution in [3.63, 3.8) is 0 Å². The number of sulfonamides is 1. The Hall–Kier alpha value is -2.26. The van der Waals surface area contributed by atoms with E-state index in [-0.39, 0.29) is 41.7 Å². The molecule has 1 aromatic carbocycles. The molecule has 0 aromatic heterocycles. The molecule has 0 bridgehead atoms. The largest absolute Gasteiger partial charge is 0.424 e. The topological polar surface area (TPSA) is 119 Å². The maximum Gasteiger partial charge on any atom is 0.316 e. The lowest BCUT2D eigenvalue weighted by molar-refractivity contribution is -0.142. The van der Waals surface area contributed by atoms with Crippen molar-refractivity contribution in [1.82, 2.24) is 5.32 Å². The number of carbonyl (C=O) groups is 3. The van der Waals surface area contributed by atoms with E-state index in [4.69, 9.17) is 4.74 Å². The standard InChI is InChI=1S/C17H24N2O6S/c1-11(20)9-18-10-14(21)12-6-7-15(25-16(22)17(2,3)4)13(8-12)19-26(5,23)24/h6-8,18-19H,9-10H2,1-5H3. The quantitative estimate of drug-likeness (QED) is 0.395. The van der Waals surface area contributed by atoms with Gasteiger partial charge >= 0.3 is 5.97 Å². The van der Waals surface area contributed by atoms with Crippen LogP contribution in [0.25, 0.3) is 0 Å². The normalized spacial score (nSPS) is 11.7. The fourth-order valence-corrected chi connectivity index (χ4v) is 2.34. The number of carbonyl (C=O) groups excluding carboxylic acids is 3. The average molecular weight is 384 g/mol. The molecule has 0 saturated carbocycles. The monoisotopic (exact) mass is 384 g/mol. The molecule has 0 amide bonds. The molecule has 0 aliphatic carbocycles. The van der Waals surface area contributed by atoms with Crippen LogP contribution in [-0.2, 0) is 19.6 Å². The molecule has 9 heteroatoms. The molecule has 0 fully saturated rings. The second kappa shape index (κ2) is 8.41. The molecule has 0 unspecified atom stereocenters. The fraction of sp³-hybridized carbons (Fsp3) is 0.471. The Bertz CT molecular complexity index is 809. The summed E-state index contributed by atoms with van der Waals surface area (Å²) in [5.74, 6) is -0.988. The van der Waals surface area contributed by atoms with Crippen molar-refractivity contribution in [2.24, 2.45) is 5.41 Å². The summed E-state index contributed by atoms with van der Waals surface area (Å²) in [5, 5.41) is 2.69. The second-order valence-corrected chi connectivity index (χ2v) is 8.70. The number of rotatable bonds is 8. The van der Waals surface area contributed by atoms with Crippen LogP contribution in [0.15, 0.2) is 18.2 Å². The molecule has 8 nitrogen and oxygen atoms in total. The van der Waals surface area contributed by atoms with Crippen molar-refractivity contribution in [3.05, 3.63) is 23.8 Å². The molecule has 0 aliphatic heterocycles.